The maximum atomic E-state index is 11.9. The molecule has 160 valence electrons. The van der Waals surface area contributed by atoms with Crippen LogP contribution in [0.1, 0.15) is 38.8 Å². The van der Waals surface area contributed by atoms with Gasteiger partial charge in [0.2, 0.25) is 0 Å². The van der Waals surface area contributed by atoms with E-state index < -0.39 is 47.3 Å². The zero-order valence-electron chi connectivity index (χ0n) is 17.2. The average Bonchev–Trinajstić information content (AvgIpc) is 2.61. The Kier molecular flexibility index (Phi) is 7.59. The Balaban J connectivity index is 2.64. The Morgan fingerprint density at radius 2 is 1.59 bits per heavy atom. The molecular weight excluding hydrogens is 420 g/mol. The summed E-state index contributed by atoms with van der Waals surface area (Å²) in [4.78, 5) is 35.4. The minimum atomic E-state index is -1.21. The lowest BCUT2D eigenvalue weighted by Gasteiger charge is -2.50. The molecule has 0 aliphatic carbocycles. The minimum absolute atomic E-state index is 0.515. The SMILES string of the molecule is CS[C@H]1O[C@@](C)(c2ccc(C)c(Cl)c2)[C@H](OC(C)=O)[C@@H](OC(C)=O)[C@@H]1OC(C)=O. The van der Waals surface area contributed by atoms with Gasteiger partial charge in [-0.05, 0) is 37.3 Å². The van der Waals surface area contributed by atoms with E-state index in [1.807, 2.05) is 19.1 Å². The third-order valence-corrected chi connectivity index (χ3v) is 5.90. The number of halogens is 1. The van der Waals surface area contributed by atoms with Crippen molar-refractivity contribution in [3.8, 4) is 0 Å². The van der Waals surface area contributed by atoms with Gasteiger partial charge in [-0.1, -0.05) is 23.7 Å². The summed E-state index contributed by atoms with van der Waals surface area (Å²) < 4.78 is 22.8. The number of hydrogen-bond donors (Lipinski definition) is 0. The van der Waals surface area contributed by atoms with Crippen LogP contribution in [0.2, 0.25) is 5.02 Å². The molecule has 7 nitrogen and oxygen atoms in total. The van der Waals surface area contributed by atoms with Crippen molar-refractivity contribution >= 4 is 41.3 Å². The van der Waals surface area contributed by atoms with Gasteiger partial charge in [-0.25, -0.2) is 0 Å². The molecule has 9 heteroatoms. The van der Waals surface area contributed by atoms with Crippen LogP contribution in [0.3, 0.4) is 0 Å². The van der Waals surface area contributed by atoms with Crippen molar-refractivity contribution in [2.24, 2.45) is 0 Å². The molecule has 0 spiro atoms. The molecule has 0 amide bonds. The Labute approximate surface area is 179 Å². The molecule has 29 heavy (non-hydrogen) atoms. The summed E-state index contributed by atoms with van der Waals surface area (Å²) >= 11 is 7.60. The standard InChI is InChI=1S/C20H25ClO7S/c1-10-7-8-14(9-15(10)21)20(5)18(27-13(4)24)16(25-11(2)22)17(26-12(3)23)19(28-20)29-6/h7-9,16-19H,1-6H3/t16-,17-,18+,19+,20-/m0/s1. The summed E-state index contributed by atoms with van der Waals surface area (Å²) in [6.45, 7) is 7.32. The van der Waals surface area contributed by atoms with Gasteiger partial charge in [0.15, 0.2) is 18.3 Å². The third kappa shape index (κ3) is 5.24. The van der Waals surface area contributed by atoms with E-state index in [0.29, 0.717) is 10.6 Å². The number of aryl methyl sites for hydroxylation is 1. The molecule has 1 aliphatic heterocycles. The predicted molar refractivity (Wildman–Crippen MR) is 109 cm³/mol. The maximum absolute atomic E-state index is 11.9. The van der Waals surface area contributed by atoms with Gasteiger partial charge in [0.25, 0.3) is 0 Å². The Hall–Kier alpha value is -1.77. The van der Waals surface area contributed by atoms with Gasteiger partial charge in [0, 0.05) is 25.8 Å². The van der Waals surface area contributed by atoms with Gasteiger partial charge in [0.1, 0.15) is 11.0 Å². The molecule has 1 heterocycles. The van der Waals surface area contributed by atoms with E-state index in [1.54, 1.807) is 19.2 Å². The fourth-order valence-electron chi connectivity index (χ4n) is 3.33. The Morgan fingerprint density at radius 3 is 2.07 bits per heavy atom. The van der Waals surface area contributed by atoms with Crippen LogP contribution in [0.4, 0.5) is 0 Å². The van der Waals surface area contributed by atoms with E-state index in [0.717, 1.165) is 5.56 Å². The summed E-state index contributed by atoms with van der Waals surface area (Å²) in [7, 11) is 0. The van der Waals surface area contributed by atoms with E-state index in [-0.39, 0.29) is 0 Å². The largest absolute Gasteiger partial charge is 0.455 e. The first-order valence-electron chi connectivity index (χ1n) is 8.98. The summed E-state index contributed by atoms with van der Waals surface area (Å²) in [6.07, 6.45) is -1.34. The van der Waals surface area contributed by atoms with Crippen LogP contribution in [-0.2, 0) is 38.9 Å². The molecule has 1 fully saturated rings. The van der Waals surface area contributed by atoms with Crippen LogP contribution in [0, 0.1) is 6.92 Å². The average molecular weight is 445 g/mol. The molecule has 1 aromatic carbocycles. The molecule has 1 aromatic rings. The summed E-state index contributed by atoms with van der Waals surface area (Å²) in [6, 6.07) is 5.36. The van der Waals surface area contributed by atoms with Crippen LogP contribution >= 0.6 is 23.4 Å². The Bertz CT molecular complexity index is 799. The van der Waals surface area contributed by atoms with Crippen molar-refractivity contribution < 1.29 is 33.3 Å². The van der Waals surface area contributed by atoms with Gasteiger partial charge >= 0.3 is 17.9 Å². The number of thioether (sulfide) groups is 1. The fourth-order valence-corrected chi connectivity index (χ4v) is 4.28. The van der Waals surface area contributed by atoms with E-state index in [9.17, 15) is 14.4 Å². The lowest BCUT2D eigenvalue weighted by Crippen LogP contribution is -2.64. The highest BCUT2D eigenvalue weighted by Gasteiger charge is 2.58. The third-order valence-electron chi connectivity index (χ3n) is 4.67. The number of carbonyl (C=O) groups excluding carboxylic acids is 3. The van der Waals surface area contributed by atoms with Gasteiger partial charge in [-0.3, -0.25) is 14.4 Å². The zero-order valence-corrected chi connectivity index (χ0v) is 18.8. The van der Waals surface area contributed by atoms with E-state index in [1.165, 1.54) is 32.5 Å². The topological polar surface area (TPSA) is 88.1 Å². The highest BCUT2D eigenvalue weighted by molar-refractivity contribution is 7.99. The summed E-state index contributed by atoms with van der Waals surface area (Å²) in [5, 5.41) is 0.515. The zero-order chi connectivity index (χ0) is 21.9. The van der Waals surface area contributed by atoms with Crippen molar-refractivity contribution in [1.29, 1.82) is 0 Å². The van der Waals surface area contributed by atoms with Gasteiger partial charge in [-0.15, -0.1) is 11.8 Å². The molecule has 1 aliphatic rings. The molecular formula is C20H25ClO7S. The first-order valence-corrected chi connectivity index (χ1v) is 10.6. The van der Waals surface area contributed by atoms with Crippen molar-refractivity contribution in [2.45, 2.75) is 64.0 Å². The van der Waals surface area contributed by atoms with Gasteiger partial charge < -0.3 is 18.9 Å². The number of hydrogen-bond acceptors (Lipinski definition) is 8. The highest BCUT2D eigenvalue weighted by Crippen LogP contribution is 2.45. The molecule has 0 bridgehead atoms. The normalized spacial score (nSPS) is 29.1. The highest BCUT2D eigenvalue weighted by atomic mass is 35.5. The van der Waals surface area contributed by atoms with Crippen molar-refractivity contribution in [2.75, 3.05) is 6.26 Å². The quantitative estimate of drug-likeness (QED) is 0.504. The molecule has 2 rings (SSSR count). The van der Waals surface area contributed by atoms with E-state index in [4.69, 9.17) is 30.5 Å². The van der Waals surface area contributed by atoms with Crippen LogP contribution < -0.4 is 0 Å². The van der Waals surface area contributed by atoms with E-state index in [2.05, 4.69) is 0 Å². The maximum Gasteiger partial charge on any atom is 0.303 e. The molecule has 5 atom stereocenters. The molecule has 0 aromatic heterocycles. The van der Waals surface area contributed by atoms with Crippen LogP contribution in [-0.4, -0.2) is 47.9 Å². The van der Waals surface area contributed by atoms with Crippen molar-refractivity contribution in [3.63, 3.8) is 0 Å². The second-order valence-electron chi connectivity index (χ2n) is 6.97. The molecule has 0 N–H and O–H groups in total. The monoisotopic (exact) mass is 444 g/mol. The van der Waals surface area contributed by atoms with Crippen LogP contribution in [0.15, 0.2) is 18.2 Å². The predicted octanol–water partition coefficient (Wildman–Crippen LogP) is 3.38. The van der Waals surface area contributed by atoms with Crippen LogP contribution in [0.25, 0.3) is 0 Å². The summed E-state index contributed by atoms with van der Waals surface area (Å²) in [5.74, 6) is -1.77. The van der Waals surface area contributed by atoms with E-state index >= 15 is 0 Å². The smallest absolute Gasteiger partial charge is 0.303 e. The molecule has 0 radical (unpaired) electrons. The van der Waals surface area contributed by atoms with Crippen molar-refractivity contribution in [1.82, 2.24) is 0 Å². The number of benzene rings is 1. The first-order chi connectivity index (χ1) is 13.5. The van der Waals surface area contributed by atoms with Gasteiger partial charge in [-0.2, -0.15) is 0 Å². The lowest BCUT2D eigenvalue weighted by molar-refractivity contribution is -0.263. The number of ether oxygens (including phenoxy) is 4. The van der Waals surface area contributed by atoms with Crippen molar-refractivity contribution in [3.05, 3.63) is 34.3 Å². The second-order valence-corrected chi connectivity index (χ2v) is 8.31. The van der Waals surface area contributed by atoms with Crippen LogP contribution in [0.5, 0.6) is 0 Å². The Morgan fingerprint density at radius 1 is 1.03 bits per heavy atom. The second kappa shape index (κ2) is 9.36. The molecule has 0 saturated carbocycles. The minimum Gasteiger partial charge on any atom is -0.455 e. The lowest BCUT2D eigenvalue weighted by atomic mass is 9.82. The molecule has 0 unspecified atom stereocenters. The summed E-state index contributed by atoms with van der Waals surface area (Å²) in [5.41, 5.74) is -0.389. The fraction of sp³-hybridized carbons (Fsp3) is 0.550. The van der Waals surface area contributed by atoms with Gasteiger partial charge in [0.05, 0.1) is 0 Å². The molecule has 1 saturated heterocycles. The number of carbonyl (C=O) groups is 3. The number of esters is 3. The first kappa shape index (κ1) is 23.5. The number of rotatable bonds is 5.